The van der Waals surface area contributed by atoms with Crippen molar-refractivity contribution in [1.82, 2.24) is 14.9 Å². The fraction of sp³-hybridized carbons (Fsp3) is 0.500. The number of carboxylic acids is 1. The van der Waals surface area contributed by atoms with Crippen LogP contribution in [0.1, 0.15) is 29.6 Å². The number of rotatable bonds is 7. The lowest BCUT2D eigenvalue weighted by Crippen LogP contribution is -2.43. The number of amides is 1. The lowest BCUT2D eigenvalue weighted by atomic mass is 10.1. The Labute approximate surface area is 147 Å². The van der Waals surface area contributed by atoms with Gasteiger partial charge in [-0.05, 0) is 44.1 Å². The molecule has 0 aromatic heterocycles. The van der Waals surface area contributed by atoms with Crippen LogP contribution in [0.25, 0.3) is 0 Å². The molecule has 8 nitrogen and oxygen atoms in total. The van der Waals surface area contributed by atoms with E-state index in [0.29, 0.717) is 0 Å². The Kier molecular flexibility index (Phi) is 6.51. The van der Waals surface area contributed by atoms with E-state index in [2.05, 4.69) is 10.6 Å². The van der Waals surface area contributed by atoms with Gasteiger partial charge in [-0.3, -0.25) is 9.59 Å². The number of benzene rings is 1. The molecule has 1 saturated heterocycles. The second-order valence-corrected chi connectivity index (χ2v) is 7.93. The fourth-order valence-corrected chi connectivity index (χ4v) is 4.18. The molecule has 1 heterocycles. The van der Waals surface area contributed by atoms with E-state index in [1.807, 2.05) is 0 Å². The Hall–Kier alpha value is -1.97. The van der Waals surface area contributed by atoms with Crippen LogP contribution in [0.5, 0.6) is 0 Å². The summed E-state index contributed by atoms with van der Waals surface area (Å²) >= 11 is 0. The molecule has 3 N–H and O–H groups in total. The van der Waals surface area contributed by atoms with E-state index >= 15 is 0 Å². The van der Waals surface area contributed by atoms with E-state index in [-0.39, 0.29) is 29.5 Å². The number of aliphatic carboxylic acids is 1. The molecule has 1 aromatic rings. The van der Waals surface area contributed by atoms with E-state index in [1.165, 1.54) is 28.6 Å². The standard InChI is InChI=1S/C16H23N3O5S/c1-19(13-5-8-17-9-6-13)25(23,24)14-4-2-3-12(11-14)16(22)18-10-7-15(20)21/h2-4,11,13,17H,5-10H2,1H3,(H,18,22)(H,20,21). The number of carboxylic acid groups (broad SMARTS) is 1. The second kappa shape index (κ2) is 8.41. The number of piperidine rings is 1. The number of carbonyl (C=O) groups excluding carboxylic acids is 1. The van der Waals surface area contributed by atoms with Crippen LogP contribution in [0.3, 0.4) is 0 Å². The average molecular weight is 369 g/mol. The zero-order valence-electron chi connectivity index (χ0n) is 14.1. The van der Waals surface area contributed by atoms with Crippen LogP contribution in [0.15, 0.2) is 29.2 Å². The zero-order valence-corrected chi connectivity index (χ0v) is 14.9. The Morgan fingerprint density at radius 1 is 1.32 bits per heavy atom. The number of carbonyl (C=O) groups is 2. The van der Waals surface area contributed by atoms with Crippen molar-refractivity contribution < 1.29 is 23.1 Å². The minimum Gasteiger partial charge on any atom is -0.481 e. The van der Waals surface area contributed by atoms with Gasteiger partial charge in [-0.25, -0.2) is 8.42 Å². The number of nitrogens with one attached hydrogen (secondary N) is 2. The molecule has 2 rings (SSSR count). The lowest BCUT2D eigenvalue weighted by molar-refractivity contribution is -0.136. The Morgan fingerprint density at radius 3 is 2.64 bits per heavy atom. The summed E-state index contributed by atoms with van der Waals surface area (Å²) in [5.74, 6) is -1.51. The van der Waals surface area contributed by atoms with E-state index in [0.717, 1.165) is 25.9 Å². The first-order valence-corrected chi connectivity index (χ1v) is 9.55. The molecule has 0 radical (unpaired) electrons. The highest BCUT2D eigenvalue weighted by molar-refractivity contribution is 7.89. The topological polar surface area (TPSA) is 116 Å². The first kappa shape index (κ1) is 19.4. The molecule has 138 valence electrons. The number of nitrogens with zero attached hydrogens (tertiary/aromatic N) is 1. The maximum Gasteiger partial charge on any atom is 0.305 e. The molecule has 1 aliphatic rings. The summed E-state index contributed by atoms with van der Waals surface area (Å²) in [5, 5.41) is 14.3. The van der Waals surface area contributed by atoms with Crippen LogP contribution in [-0.4, -0.2) is 62.4 Å². The van der Waals surface area contributed by atoms with E-state index in [9.17, 15) is 18.0 Å². The first-order chi connectivity index (χ1) is 11.8. The van der Waals surface area contributed by atoms with Crippen molar-refractivity contribution in [3.05, 3.63) is 29.8 Å². The minimum absolute atomic E-state index is 0.0138. The molecule has 9 heteroatoms. The molecule has 25 heavy (non-hydrogen) atoms. The number of sulfonamides is 1. The van der Waals surface area contributed by atoms with Gasteiger partial charge in [0.25, 0.3) is 5.91 Å². The summed E-state index contributed by atoms with van der Waals surface area (Å²) in [5.41, 5.74) is 0.185. The quantitative estimate of drug-likeness (QED) is 0.635. The highest BCUT2D eigenvalue weighted by atomic mass is 32.2. The van der Waals surface area contributed by atoms with Crippen LogP contribution >= 0.6 is 0 Å². The normalized spacial score (nSPS) is 15.9. The molecule has 1 fully saturated rings. The summed E-state index contributed by atoms with van der Waals surface area (Å²) in [6, 6.07) is 5.72. The summed E-state index contributed by atoms with van der Waals surface area (Å²) in [4.78, 5) is 22.6. The maximum atomic E-state index is 12.8. The molecule has 1 aromatic carbocycles. The van der Waals surface area contributed by atoms with Crippen LogP contribution in [0.2, 0.25) is 0 Å². The van der Waals surface area contributed by atoms with Gasteiger partial charge in [0.2, 0.25) is 10.0 Å². The molecule has 0 saturated carbocycles. The third kappa shape index (κ3) is 5.00. The monoisotopic (exact) mass is 369 g/mol. The predicted molar refractivity (Wildman–Crippen MR) is 91.9 cm³/mol. The summed E-state index contributed by atoms with van der Waals surface area (Å²) in [7, 11) is -2.14. The van der Waals surface area contributed by atoms with Crippen molar-refractivity contribution in [3.8, 4) is 0 Å². The maximum absolute atomic E-state index is 12.8. The third-order valence-corrected chi connectivity index (χ3v) is 6.13. The molecule has 0 spiro atoms. The van der Waals surface area contributed by atoms with Crippen molar-refractivity contribution in [3.63, 3.8) is 0 Å². The van der Waals surface area contributed by atoms with E-state index < -0.39 is 21.9 Å². The Balaban J connectivity index is 2.13. The molecule has 0 bridgehead atoms. The Bertz CT molecular complexity index is 729. The van der Waals surface area contributed by atoms with Crippen molar-refractivity contribution in [2.45, 2.75) is 30.2 Å². The molecule has 0 atom stereocenters. The number of hydrogen-bond donors (Lipinski definition) is 3. The highest BCUT2D eigenvalue weighted by Crippen LogP contribution is 2.21. The SMILES string of the molecule is CN(C1CCNCC1)S(=O)(=O)c1cccc(C(=O)NCCC(=O)O)c1. The van der Waals surface area contributed by atoms with Crippen LogP contribution in [0, 0.1) is 0 Å². The van der Waals surface area contributed by atoms with Gasteiger partial charge in [0.15, 0.2) is 0 Å². The van der Waals surface area contributed by atoms with Crippen molar-refractivity contribution >= 4 is 21.9 Å². The van der Waals surface area contributed by atoms with Crippen LogP contribution < -0.4 is 10.6 Å². The molecular formula is C16H23N3O5S. The summed E-state index contributed by atoms with van der Waals surface area (Å²) in [6.07, 6.45) is 1.29. The van der Waals surface area contributed by atoms with Gasteiger partial charge < -0.3 is 15.7 Å². The van der Waals surface area contributed by atoms with Gasteiger partial charge in [-0.1, -0.05) is 6.07 Å². The summed E-state index contributed by atoms with van der Waals surface area (Å²) < 4.78 is 27.0. The smallest absolute Gasteiger partial charge is 0.305 e. The van der Waals surface area contributed by atoms with Crippen LogP contribution in [0.4, 0.5) is 0 Å². The molecule has 1 aliphatic heterocycles. The molecule has 0 unspecified atom stereocenters. The highest BCUT2D eigenvalue weighted by Gasteiger charge is 2.29. The summed E-state index contributed by atoms with van der Waals surface area (Å²) in [6.45, 7) is 1.53. The van der Waals surface area contributed by atoms with Gasteiger partial charge in [0.1, 0.15) is 0 Å². The fourth-order valence-electron chi connectivity index (χ4n) is 2.72. The number of hydrogen-bond acceptors (Lipinski definition) is 5. The second-order valence-electron chi connectivity index (χ2n) is 5.93. The van der Waals surface area contributed by atoms with Gasteiger partial charge in [-0.2, -0.15) is 4.31 Å². The van der Waals surface area contributed by atoms with Crippen molar-refractivity contribution in [1.29, 1.82) is 0 Å². The minimum atomic E-state index is -3.70. The van der Waals surface area contributed by atoms with Gasteiger partial charge in [0.05, 0.1) is 11.3 Å². The largest absolute Gasteiger partial charge is 0.481 e. The van der Waals surface area contributed by atoms with Gasteiger partial charge >= 0.3 is 5.97 Å². The van der Waals surface area contributed by atoms with Crippen LogP contribution in [-0.2, 0) is 14.8 Å². The van der Waals surface area contributed by atoms with Gasteiger partial charge in [-0.15, -0.1) is 0 Å². The van der Waals surface area contributed by atoms with Crippen molar-refractivity contribution in [2.75, 3.05) is 26.7 Å². The molecule has 1 amide bonds. The molecule has 0 aliphatic carbocycles. The zero-order chi connectivity index (χ0) is 18.4. The Morgan fingerprint density at radius 2 is 2.00 bits per heavy atom. The van der Waals surface area contributed by atoms with E-state index in [4.69, 9.17) is 5.11 Å². The van der Waals surface area contributed by atoms with Gasteiger partial charge in [0, 0.05) is 25.2 Å². The predicted octanol–water partition coefficient (Wildman–Crippen LogP) is 0.264. The third-order valence-electron chi connectivity index (χ3n) is 4.22. The first-order valence-electron chi connectivity index (χ1n) is 8.11. The average Bonchev–Trinajstić information content (AvgIpc) is 2.61. The lowest BCUT2D eigenvalue weighted by Gasteiger charge is -2.30. The van der Waals surface area contributed by atoms with Crippen molar-refractivity contribution in [2.24, 2.45) is 0 Å². The van der Waals surface area contributed by atoms with E-state index in [1.54, 1.807) is 7.05 Å². The molecular weight excluding hydrogens is 346 g/mol.